The highest BCUT2D eigenvalue weighted by Gasteiger charge is 2.28. The second-order valence-electron chi connectivity index (χ2n) is 7.50. The van der Waals surface area contributed by atoms with Gasteiger partial charge in [-0.25, -0.2) is 0 Å². The van der Waals surface area contributed by atoms with Crippen LogP contribution < -0.4 is 5.73 Å². The van der Waals surface area contributed by atoms with Gasteiger partial charge in [0.05, 0.1) is 5.03 Å². The lowest BCUT2D eigenvalue weighted by molar-refractivity contribution is 0.343. The molecule has 1 saturated carbocycles. The van der Waals surface area contributed by atoms with E-state index in [9.17, 15) is 5.26 Å². The highest BCUT2D eigenvalue weighted by atomic mass is 32.2. The molecule has 0 atom stereocenters. The average molecular weight is 388 g/mol. The van der Waals surface area contributed by atoms with Crippen molar-refractivity contribution < 1.29 is 0 Å². The van der Waals surface area contributed by atoms with Crippen LogP contribution in [0.5, 0.6) is 0 Å². The maximum atomic E-state index is 9.95. The molecule has 2 N–H and O–H groups in total. The number of anilines is 1. The zero-order valence-electron chi connectivity index (χ0n) is 16.2. The van der Waals surface area contributed by atoms with E-state index >= 15 is 0 Å². The van der Waals surface area contributed by atoms with E-state index in [1.54, 1.807) is 11.8 Å². The first-order valence-corrected chi connectivity index (χ1v) is 10.7. The van der Waals surface area contributed by atoms with Gasteiger partial charge in [0.25, 0.3) is 0 Å². The van der Waals surface area contributed by atoms with Gasteiger partial charge in [-0.05, 0) is 37.5 Å². The fourth-order valence-electron chi connectivity index (χ4n) is 4.09. The number of benzene rings is 2. The molecule has 28 heavy (non-hydrogen) atoms. The molecule has 0 aliphatic heterocycles. The van der Waals surface area contributed by atoms with Gasteiger partial charge in [-0.15, -0.1) is 0 Å². The minimum absolute atomic E-state index is 0.367. The molecular weight excluding hydrogens is 362 g/mol. The van der Waals surface area contributed by atoms with Crippen LogP contribution in [0, 0.1) is 18.3 Å². The summed E-state index contributed by atoms with van der Waals surface area (Å²) in [5.41, 5.74) is 10.5. The molecule has 0 radical (unpaired) electrons. The summed E-state index contributed by atoms with van der Waals surface area (Å²) in [6, 6.07) is 21.5. The van der Waals surface area contributed by atoms with E-state index in [0.29, 0.717) is 17.4 Å². The van der Waals surface area contributed by atoms with Crippen LogP contribution in [0.15, 0.2) is 64.5 Å². The Morgan fingerprint density at radius 3 is 2.32 bits per heavy atom. The molecule has 1 heterocycles. The molecule has 1 aromatic heterocycles. The molecule has 0 bridgehead atoms. The summed E-state index contributed by atoms with van der Waals surface area (Å²) in [6.07, 6.45) is 5.98. The van der Waals surface area contributed by atoms with E-state index in [4.69, 9.17) is 5.73 Å². The number of aromatic nitrogens is 1. The number of nitrogens with zero attached hydrogens (tertiary/aromatic N) is 2. The fraction of sp³-hybridized carbons (Fsp3) is 0.292. The highest BCUT2D eigenvalue weighted by molar-refractivity contribution is 7.99. The van der Waals surface area contributed by atoms with Crippen molar-refractivity contribution in [3.05, 3.63) is 65.7 Å². The molecule has 3 aromatic rings. The second-order valence-corrected chi connectivity index (χ2v) is 8.56. The molecule has 1 aliphatic rings. The standard InChI is InChI=1S/C24H25N3S/c1-17-12-14-20(15-13-17)28-24-22(18-8-4-2-5-9-18)21(16-25)23(26)27(24)19-10-6-3-7-11-19/h2,4-5,8-9,12-15,19H,3,6-7,10-11,26H2,1H3. The highest BCUT2D eigenvalue weighted by Crippen LogP contribution is 2.46. The van der Waals surface area contributed by atoms with Crippen molar-refractivity contribution in [1.82, 2.24) is 4.57 Å². The predicted molar refractivity (Wildman–Crippen MR) is 116 cm³/mol. The predicted octanol–water partition coefficient (Wildman–Crippen LogP) is 6.57. The summed E-state index contributed by atoms with van der Waals surface area (Å²) in [5.74, 6) is 0.614. The summed E-state index contributed by atoms with van der Waals surface area (Å²) >= 11 is 1.72. The van der Waals surface area contributed by atoms with Gasteiger partial charge in [0.1, 0.15) is 17.5 Å². The summed E-state index contributed by atoms with van der Waals surface area (Å²) in [6.45, 7) is 2.10. The Bertz CT molecular complexity index is 991. The first kappa shape index (κ1) is 18.7. The molecule has 1 fully saturated rings. The molecule has 2 aromatic carbocycles. The van der Waals surface area contributed by atoms with Gasteiger partial charge in [0, 0.05) is 16.5 Å². The second kappa shape index (κ2) is 8.16. The van der Waals surface area contributed by atoms with Gasteiger partial charge in [-0.1, -0.05) is 79.1 Å². The maximum absolute atomic E-state index is 9.95. The Balaban J connectivity index is 1.90. The minimum Gasteiger partial charge on any atom is -0.384 e. The molecule has 0 saturated heterocycles. The van der Waals surface area contributed by atoms with Crippen LogP contribution in [0.2, 0.25) is 0 Å². The number of nitrogen functional groups attached to an aromatic ring is 1. The van der Waals surface area contributed by atoms with E-state index in [-0.39, 0.29) is 0 Å². The number of nitriles is 1. The number of rotatable bonds is 4. The van der Waals surface area contributed by atoms with E-state index in [1.807, 2.05) is 18.2 Å². The van der Waals surface area contributed by atoms with Crippen molar-refractivity contribution in [3.8, 4) is 17.2 Å². The third kappa shape index (κ3) is 3.55. The lowest BCUT2D eigenvalue weighted by Gasteiger charge is -2.26. The summed E-state index contributed by atoms with van der Waals surface area (Å²) in [4.78, 5) is 1.17. The largest absolute Gasteiger partial charge is 0.384 e. The van der Waals surface area contributed by atoms with Gasteiger partial charge in [0.15, 0.2) is 0 Å². The van der Waals surface area contributed by atoms with E-state index in [0.717, 1.165) is 29.0 Å². The molecule has 3 nitrogen and oxygen atoms in total. The van der Waals surface area contributed by atoms with Gasteiger partial charge in [-0.2, -0.15) is 5.26 Å². The Morgan fingerprint density at radius 2 is 1.68 bits per heavy atom. The molecule has 1 aliphatic carbocycles. The van der Waals surface area contributed by atoms with E-state index < -0.39 is 0 Å². The Morgan fingerprint density at radius 1 is 1.00 bits per heavy atom. The van der Waals surface area contributed by atoms with Crippen LogP contribution in [0.25, 0.3) is 11.1 Å². The van der Waals surface area contributed by atoms with E-state index in [1.165, 1.54) is 29.7 Å². The van der Waals surface area contributed by atoms with Crippen LogP contribution in [0.1, 0.15) is 49.3 Å². The Kier molecular flexibility index (Phi) is 5.45. The SMILES string of the molecule is Cc1ccc(Sc2c(-c3ccccc3)c(C#N)c(N)n2C2CCCCC2)cc1. The van der Waals surface area contributed by atoms with Crippen LogP contribution in [-0.2, 0) is 0 Å². The minimum atomic E-state index is 0.367. The van der Waals surface area contributed by atoms with Crippen molar-refractivity contribution in [1.29, 1.82) is 5.26 Å². The van der Waals surface area contributed by atoms with Gasteiger partial charge in [0.2, 0.25) is 0 Å². The van der Waals surface area contributed by atoms with Crippen molar-refractivity contribution in [2.75, 3.05) is 5.73 Å². The number of aryl methyl sites for hydroxylation is 1. The summed E-state index contributed by atoms with van der Waals surface area (Å²) < 4.78 is 2.25. The van der Waals surface area contributed by atoms with Gasteiger partial charge in [-0.3, -0.25) is 0 Å². The maximum Gasteiger partial charge on any atom is 0.123 e. The van der Waals surface area contributed by atoms with Crippen molar-refractivity contribution >= 4 is 17.6 Å². The number of hydrogen-bond acceptors (Lipinski definition) is 3. The normalized spacial score (nSPS) is 14.7. The van der Waals surface area contributed by atoms with Crippen molar-refractivity contribution in [2.45, 2.75) is 55.0 Å². The number of hydrogen-bond donors (Lipinski definition) is 1. The quantitative estimate of drug-likeness (QED) is 0.550. The van der Waals surface area contributed by atoms with Crippen LogP contribution in [0.3, 0.4) is 0 Å². The molecule has 4 rings (SSSR count). The lowest BCUT2D eigenvalue weighted by Crippen LogP contribution is -2.16. The first-order valence-electron chi connectivity index (χ1n) is 9.92. The summed E-state index contributed by atoms with van der Waals surface area (Å²) in [5, 5.41) is 11.0. The third-order valence-corrected chi connectivity index (χ3v) is 6.65. The Labute approximate surface area is 171 Å². The summed E-state index contributed by atoms with van der Waals surface area (Å²) in [7, 11) is 0. The molecule has 0 spiro atoms. The zero-order valence-corrected chi connectivity index (χ0v) is 17.0. The zero-order chi connectivity index (χ0) is 19.5. The molecule has 4 heteroatoms. The topological polar surface area (TPSA) is 54.7 Å². The monoisotopic (exact) mass is 387 g/mol. The van der Waals surface area contributed by atoms with Crippen molar-refractivity contribution in [3.63, 3.8) is 0 Å². The van der Waals surface area contributed by atoms with Crippen LogP contribution in [-0.4, -0.2) is 4.57 Å². The fourth-order valence-corrected chi connectivity index (χ4v) is 5.25. The lowest BCUT2D eigenvalue weighted by atomic mass is 9.95. The third-order valence-electron chi connectivity index (χ3n) is 5.55. The van der Waals surface area contributed by atoms with E-state index in [2.05, 4.69) is 54.0 Å². The number of nitrogens with two attached hydrogens (primary N) is 1. The smallest absolute Gasteiger partial charge is 0.123 e. The molecule has 142 valence electrons. The molecule has 0 amide bonds. The van der Waals surface area contributed by atoms with Gasteiger partial charge >= 0.3 is 0 Å². The van der Waals surface area contributed by atoms with Crippen molar-refractivity contribution in [2.24, 2.45) is 0 Å². The first-order chi connectivity index (χ1) is 13.7. The molecule has 0 unspecified atom stereocenters. The molecular formula is C24H25N3S. The Hall–Kier alpha value is -2.64. The van der Waals surface area contributed by atoms with Crippen LogP contribution >= 0.6 is 11.8 Å². The average Bonchev–Trinajstić information content (AvgIpc) is 3.02. The van der Waals surface area contributed by atoms with Crippen LogP contribution in [0.4, 0.5) is 5.82 Å². The van der Waals surface area contributed by atoms with Gasteiger partial charge < -0.3 is 10.3 Å².